The van der Waals surface area contributed by atoms with E-state index in [1.54, 1.807) is 14.0 Å². The number of aryl methyl sites for hydroxylation is 1. The minimum atomic E-state index is -0.165. The highest BCUT2D eigenvalue weighted by Crippen LogP contribution is 2.31. The van der Waals surface area contributed by atoms with E-state index >= 15 is 0 Å². The van der Waals surface area contributed by atoms with Crippen LogP contribution < -0.4 is 10.3 Å². The number of nitrogens with zero attached hydrogens (tertiary/aromatic N) is 6. The summed E-state index contributed by atoms with van der Waals surface area (Å²) in [7, 11) is 3.55. The summed E-state index contributed by atoms with van der Waals surface area (Å²) in [6.45, 7) is 1.80. The molecule has 0 radical (unpaired) electrons. The van der Waals surface area contributed by atoms with Gasteiger partial charge in [-0.2, -0.15) is 9.61 Å². The van der Waals surface area contributed by atoms with Gasteiger partial charge in [0.1, 0.15) is 10.8 Å². The van der Waals surface area contributed by atoms with Gasteiger partial charge in [-0.15, -0.1) is 10.2 Å². The van der Waals surface area contributed by atoms with Crippen LogP contribution in [0.15, 0.2) is 40.3 Å². The number of thioether (sulfide) groups is 1. The summed E-state index contributed by atoms with van der Waals surface area (Å²) in [5, 5.41) is 14.5. The van der Waals surface area contributed by atoms with Crippen LogP contribution in [0.5, 0.6) is 5.75 Å². The summed E-state index contributed by atoms with van der Waals surface area (Å²) >= 11 is 2.91. The monoisotopic (exact) mass is 400 g/mol. The van der Waals surface area contributed by atoms with Gasteiger partial charge in [0, 0.05) is 18.8 Å². The fraction of sp³-hybridized carbons (Fsp3) is 0.235. The molecule has 0 fully saturated rings. The molecule has 0 unspecified atom stereocenters. The highest BCUT2D eigenvalue weighted by molar-refractivity contribution is 7.98. The Kier molecular flexibility index (Phi) is 4.66. The number of rotatable bonds is 5. The zero-order valence-corrected chi connectivity index (χ0v) is 16.5. The van der Waals surface area contributed by atoms with Crippen LogP contribution in [0.1, 0.15) is 10.7 Å². The van der Waals surface area contributed by atoms with E-state index in [2.05, 4.69) is 20.3 Å². The minimum Gasteiger partial charge on any atom is -0.496 e. The summed E-state index contributed by atoms with van der Waals surface area (Å²) in [4.78, 5) is 16.9. The molecule has 0 N–H and O–H groups in total. The Morgan fingerprint density at radius 3 is 2.89 bits per heavy atom. The second-order valence-corrected chi connectivity index (χ2v) is 7.76. The van der Waals surface area contributed by atoms with Crippen molar-refractivity contribution in [2.75, 3.05) is 7.11 Å². The van der Waals surface area contributed by atoms with E-state index in [9.17, 15) is 4.79 Å². The first-order valence-corrected chi connectivity index (χ1v) is 9.89. The molecule has 4 aromatic rings. The van der Waals surface area contributed by atoms with Crippen molar-refractivity contribution in [1.82, 2.24) is 29.4 Å². The summed E-state index contributed by atoms with van der Waals surface area (Å²) in [6.07, 6.45) is 0. The molecule has 0 aliphatic carbocycles. The number of ether oxygens (including phenoxy) is 1. The summed E-state index contributed by atoms with van der Waals surface area (Å²) in [5.74, 6) is 2.05. The third-order valence-corrected chi connectivity index (χ3v) is 6.05. The quantitative estimate of drug-likeness (QED) is 0.476. The molecule has 27 heavy (non-hydrogen) atoms. The molecule has 0 saturated carbocycles. The SMILES string of the molecule is COc1ccccc1-c1nnc(SCc2nn3c(=O)cc(C)nc3s2)n1C. The van der Waals surface area contributed by atoms with E-state index in [0.29, 0.717) is 16.4 Å². The van der Waals surface area contributed by atoms with Crippen LogP contribution in [0.3, 0.4) is 0 Å². The zero-order chi connectivity index (χ0) is 19.0. The maximum Gasteiger partial charge on any atom is 0.275 e. The van der Waals surface area contributed by atoms with E-state index in [1.807, 2.05) is 35.9 Å². The van der Waals surface area contributed by atoms with Crippen LogP contribution in [-0.2, 0) is 12.8 Å². The Balaban J connectivity index is 1.59. The second-order valence-electron chi connectivity index (χ2n) is 5.78. The number of fused-ring (bicyclic) bond motifs is 1. The smallest absolute Gasteiger partial charge is 0.275 e. The van der Waals surface area contributed by atoms with Crippen LogP contribution in [0.4, 0.5) is 0 Å². The minimum absolute atomic E-state index is 0.165. The molecule has 10 heteroatoms. The Bertz CT molecular complexity index is 1180. The second kappa shape index (κ2) is 7.12. The third-order valence-electron chi connectivity index (χ3n) is 3.92. The maximum atomic E-state index is 12.0. The summed E-state index contributed by atoms with van der Waals surface area (Å²) in [6, 6.07) is 9.17. The van der Waals surface area contributed by atoms with E-state index in [0.717, 1.165) is 27.3 Å². The first-order valence-electron chi connectivity index (χ1n) is 8.09. The molecule has 0 saturated heterocycles. The van der Waals surface area contributed by atoms with Crippen LogP contribution in [-0.4, -0.2) is 36.5 Å². The van der Waals surface area contributed by atoms with E-state index in [-0.39, 0.29) is 5.56 Å². The van der Waals surface area contributed by atoms with Crippen molar-refractivity contribution in [3.05, 3.63) is 51.4 Å². The lowest BCUT2D eigenvalue weighted by Crippen LogP contribution is -2.14. The molecule has 0 atom stereocenters. The van der Waals surface area contributed by atoms with Crippen molar-refractivity contribution in [2.45, 2.75) is 17.8 Å². The highest BCUT2D eigenvalue weighted by atomic mass is 32.2. The number of aromatic nitrogens is 6. The van der Waals surface area contributed by atoms with Crippen LogP contribution in [0.25, 0.3) is 16.3 Å². The van der Waals surface area contributed by atoms with E-state index in [1.165, 1.54) is 33.7 Å². The van der Waals surface area contributed by atoms with Gasteiger partial charge < -0.3 is 9.30 Å². The van der Waals surface area contributed by atoms with Gasteiger partial charge in [-0.1, -0.05) is 35.2 Å². The van der Waals surface area contributed by atoms with Gasteiger partial charge in [-0.3, -0.25) is 4.79 Å². The van der Waals surface area contributed by atoms with Gasteiger partial charge in [-0.05, 0) is 19.1 Å². The summed E-state index contributed by atoms with van der Waals surface area (Å²) in [5.41, 5.74) is 1.41. The molecule has 8 nitrogen and oxygen atoms in total. The van der Waals surface area contributed by atoms with Gasteiger partial charge in [0.2, 0.25) is 4.96 Å². The van der Waals surface area contributed by atoms with Crippen LogP contribution >= 0.6 is 23.1 Å². The van der Waals surface area contributed by atoms with Crippen molar-refractivity contribution < 1.29 is 4.74 Å². The third kappa shape index (κ3) is 3.33. The normalized spacial score (nSPS) is 11.2. The fourth-order valence-corrected chi connectivity index (χ4v) is 4.49. The Morgan fingerprint density at radius 2 is 2.07 bits per heavy atom. The number of hydrogen-bond acceptors (Lipinski definition) is 8. The van der Waals surface area contributed by atoms with Crippen molar-refractivity contribution >= 4 is 28.1 Å². The lowest BCUT2D eigenvalue weighted by molar-refractivity contribution is 0.416. The fourth-order valence-electron chi connectivity index (χ4n) is 2.65. The van der Waals surface area contributed by atoms with Crippen LogP contribution in [0, 0.1) is 6.92 Å². The molecule has 138 valence electrons. The number of hydrogen-bond donors (Lipinski definition) is 0. The molecule has 3 heterocycles. The Morgan fingerprint density at radius 1 is 1.26 bits per heavy atom. The van der Waals surface area contributed by atoms with Crippen molar-refractivity contribution in [1.29, 1.82) is 0 Å². The molecular weight excluding hydrogens is 384 g/mol. The molecule has 4 rings (SSSR count). The molecule has 1 aromatic carbocycles. The van der Waals surface area contributed by atoms with E-state index in [4.69, 9.17) is 4.74 Å². The van der Waals surface area contributed by atoms with Gasteiger partial charge in [0.25, 0.3) is 5.56 Å². The van der Waals surface area contributed by atoms with Gasteiger partial charge in [0.05, 0.1) is 18.4 Å². The topological polar surface area (TPSA) is 87.2 Å². The van der Waals surface area contributed by atoms with Gasteiger partial charge in [0.15, 0.2) is 11.0 Å². The first-order chi connectivity index (χ1) is 13.1. The van der Waals surface area contributed by atoms with Gasteiger partial charge in [-0.25, -0.2) is 4.98 Å². The molecule has 0 bridgehead atoms. The van der Waals surface area contributed by atoms with Gasteiger partial charge >= 0.3 is 0 Å². The van der Waals surface area contributed by atoms with Crippen molar-refractivity contribution in [3.8, 4) is 17.1 Å². The van der Waals surface area contributed by atoms with Crippen molar-refractivity contribution in [2.24, 2.45) is 7.05 Å². The average molecular weight is 400 g/mol. The standard InChI is InChI=1S/C17H16N6O2S2/c1-10-8-14(24)23-16(18-10)27-13(21-23)9-26-17-20-19-15(22(17)2)11-6-4-5-7-12(11)25-3/h4-8H,9H2,1-3H3. The molecule has 0 spiro atoms. The average Bonchev–Trinajstić information content (AvgIpc) is 3.23. The Labute approximate surface area is 162 Å². The lowest BCUT2D eigenvalue weighted by atomic mass is 10.2. The molecular formula is C17H16N6O2S2. The van der Waals surface area contributed by atoms with Crippen molar-refractivity contribution in [3.63, 3.8) is 0 Å². The van der Waals surface area contributed by atoms with Crippen LogP contribution in [0.2, 0.25) is 0 Å². The molecule has 0 aliphatic heterocycles. The lowest BCUT2D eigenvalue weighted by Gasteiger charge is -2.07. The Hall–Kier alpha value is -2.72. The predicted molar refractivity (Wildman–Crippen MR) is 104 cm³/mol. The maximum absolute atomic E-state index is 12.0. The zero-order valence-electron chi connectivity index (χ0n) is 14.9. The molecule has 0 aliphatic rings. The number of methoxy groups -OCH3 is 1. The molecule has 0 amide bonds. The predicted octanol–water partition coefficient (Wildman–Crippen LogP) is 2.56. The number of para-hydroxylation sites is 1. The molecule has 3 aromatic heterocycles. The largest absolute Gasteiger partial charge is 0.496 e. The van der Waals surface area contributed by atoms with E-state index < -0.39 is 0 Å². The summed E-state index contributed by atoms with van der Waals surface area (Å²) < 4.78 is 8.67. The number of benzene rings is 1. The highest BCUT2D eigenvalue weighted by Gasteiger charge is 2.16. The first kappa shape index (κ1) is 17.7.